The van der Waals surface area contributed by atoms with Gasteiger partial charge in [0.05, 0.1) is 0 Å². The van der Waals surface area contributed by atoms with E-state index in [1.165, 1.54) is 6.42 Å². The van der Waals surface area contributed by atoms with Crippen LogP contribution < -0.4 is 0 Å². The number of hydrogen-bond donors (Lipinski definition) is 0. The van der Waals surface area contributed by atoms with Crippen molar-refractivity contribution in [2.75, 3.05) is 0 Å². The molecule has 0 amide bonds. The van der Waals surface area contributed by atoms with E-state index in [-0.39, 0.29) is 0 Å². The predicted octanol–water partition coefficient (Wildman–Crippen LogP) is 1.67. The van der Waals surface area contributed by atoms with Crippen molar-refractivity contribution in [1.82, 2.24) is 0 Å². The Morgan fingerprint density at radius 1 is 1.71 bits per heavy atom. The summed E-state index contributed by atoms with van der Waals surface area (Å²) in [7, 11) is 5.21. The van der Waals surface area contributed by atoms with Crippen LogP contribution in [0.5, 0.6) is 0 Å². The van der Waals surface area contributed by atoms with Crippen molar-refractivity contribution >= 4 is 24.8 Å². The van der Waals surface area contributed by atoms with Crippen molar-refractivity contribution in [2.45, 2.75) is 26.2 Å². The molecule has 0 fully saturated rings. The Morgan fingerprint density at radius 2 is 2.29 bits per heavy atom. The fourth-order valence-corrected chi connectivity index (χ4v) is 0.495. The Labute approximate surface area is 51.7 Å². The first-order valence-electron chi connectivity index (χ1n) is 2.55. The molecule has 38 valence electrons. The van der Waals surface area contributed by atoms with Gasteiger partial charge in [-0.3, -0.25) is 0 Å². The molecule has 0 aromatic carbocycles. The molecule has 0 bridgehead atoms. The minimum Gasteiger partial charge on any atom is -0.102 e. The van der Waals surface area contributed by atoms with E-state index in [1.54, 1.807) is 0 Å². The van der Waals surface area contributed by atoms with E-state index in [0.717, 1.165) is 12.8 Å². The van der Waals surface area contributed by atoms with Crippen LogP contribution in [0.15, 0.2) is 0 Å². The smallest absolute Gasteiger partial charge is 0.102 e. The van der Waals surface area contributed by atoms with Crippen molar-refractivity contribution in [3.05, 3.63) is 0 Å². The van der Waals surface area contributed by atoms with E-state index >= 15 is 0 Å². The Morgan fingerprint density at radius 3 is 2.43 bits per heavy atom. The molecule has 0 spiro atoms. The molecule has 0 nitrogen and oxygen atoms in total. The first kappa shape index (κ1) is 7.15. The quantitative estimate of drug-likeness (QED) is 0.395. The summed E-state index contributed by atoms with van der Waals surface area (Å²) >= 11 is 4.64. The maximum absolute atomic E-state index is 5.21. The summed E-state index contributed by atoms with van der Waals surface area (Å²) in [5.41, 5.74) is 0. The highest BCUT2D eigenvalue weighted by atomic mass is 32.1. The average molecular weight is 112 g/mol. The van der Waals surface area contributed by atoms with Crippen LogP contribution in [0.25, 0.3) is 0 Å². The molecule has 0 aliphatic heterocycles. The van der Waals surface area contributed by atoms with Crippen LogP contribution in [0.2, 0.25) is 0 Å². The molecule has 0 aromatic rings. The third-order valence-electron chi connectivity index (χ3n) is 0.777. The van der Waals surface area contributed by atoms with Gasteiger partial charge in [-0.25, -0.2) is 0 Å². The van der Waals surface area contributed by atoms with Crippen molar-refractivity contribution < 1.29 is 0 Å². The first-order valence-corrected chi connectivity index (χ1v) is 2.96. The van der Waals surface area contributed by atoms with Gasteiger partial charge in [-0.1, -0.05) is 18.1 Å². The predicted molar refractivity (Wildman–Crippen MR) is 37.9 cm³/mol. The summed E-state index contributed by atoms with van der Waals surface area (Å²) < 4.78 is 0.641. The van der Waals surface area contributed by atoms with Crippen molar-refractivity contribution in [3.63, 3.8) is 0 Å². The average Bonchev–Trinajstić information content (AvgIpc) is 1.61. The summed E-state index contributed by atoms with van der Waals surface area (Å²) in [6, 6.07) is 0. The molecule has 0 heterocycles. The van der Waals surface area contributed by atoms with Gasteiger partial charge in [0.25, 0.3) is 0 Å². The molecule has 0 rings (SSSR count). The second-order valence-corrected chi connectivity index (χ2v) is 2.09. The molecule has 0 unspecified atom stereocenters. The highest BCUT2D eigenvalue weighted by Gasteiger charge is 1.83. The monoisotopic (exact) mass is 112 g/mol. The Hall–Kier alpha value is 0.155. The van der Waals surface area contributed by atoms with Gasteiger partial charge < -0.3 is 0 Å². The molecule has 0 aliphatic carbocycles. The summed E-state index contributed by atoms with van der Waals surface area (Å²) in [5.74, 6) is 0. The minimum absolute atomic E-state index is 0.641. The highest BCUT2D eigenvalue weighted by Crippen LogP contribution is 1.92. The summed E-state index contributed by atoms with van der Waals surface area (Å²) in [6.45, 7) is 2.12. The molecule has 7 heavy (non-hydrogen) atoms. The fraction of sp³-hybridized carbons (Fsp3) is 0.800. The summed E-state index contributed by atoms with van der Waals surface area (Å²) in [5, 5.41) is 0. The molecular weight excluding hydrogens is 103 g/mol. The lowest BCUT2D eigenvalue weighted by Gasteiger charge is -1.90. The van der Waals surface area contributed by atoms with Gasteiger partial charge >= 0.3 is 0 Å². The lowest BCUT2D eigenvalue weighted by Crippen LogP contribution is -1.89. The largest absolute Gasteiger partial charge is 0.123 e. The molecule has 0 saturated carbocycles. The zero-order valence-corrected chi connectivity index (χ0v) is 5.42. The van der Waals surface area contributed by atoms with E-state index in [9.17, 15) is 0 Å². The molecule has 0 atom stereocenters. The van der Waals surface area contributed by atoms with Gasteiger partial charge in [0.15, 0.2) is 0 Å². The van der Waals surface area contributed by atoms with Crippen LogP contribution in [-0.4, -0.2) is 12.6 Å². The highest BCUT2D eigenvalue weighted by molar-refractivity contribution is 7.83. The van der Waals surface area contributed by atoms with E-state index in [0.29, 0.717) is 4.76 Å². The molecule has 2 heteroatoms. The zero-order valence-electron chi connectivity index (χ0n) is 4.61. The fourth-order valence-electron chi connectivity index (χ4n) is 0.351. The van der Waals surface area contributed by atoms with Crippen molar-refractivity contribution in [1.29, 1.82) is 0 Å². The minimum atomic E-state index is 0.641. The van der Waals surface area contributed by atoms with Gasteiger partial charge in [-0.2, -0.15) is 0 Å². The Bertz CT molecular complexity index is 61.1. The van der Waals surface area contributed by atoms with Crippen LogP contribution in [-0.2, 0) is 0 Å². The summed E-state index contributed by atoms with van der Waals surface area (Å²) in [6.07, 6.45) is 3.22. The molecule has 0 N–H and O–H groups in total. The second-order valence-electron chi connectivity index (χ2n) is 1.57. The first-order chi connectivity index (χ1) is 3.27. The van der Waals surface area contributed by atoms with Crippen LogP contribution in [0.1, 0.15) is 26.2 Å². The topological polar surface area (TPSA) is 0 Å². The SMILES string of the molecule is [B]C(=S)CCCC. The van der Waals surface area contributed by atoms with Crippen molar-refractivity contribution in [3.8, 4) is 0 Å². The van der Waals surface area contributed by atoms with E-state index in [2.05, 4.69) is 19.1 Å². The van der Waals surface area contributed by atoms with Crippen LogP contribution in [0.3, 0.4) is 0 Å². The lowest BCUT2D eigenvalue weighted by molar-refractivity contribution is 0.844. The normalized spacial score (nSPS) is 8.71. The van der Waals surface area contributed by atoms with Crippen molar-refractivity contribution in [2.24, 2.45) is 0 Å². The third kappa shape index (κ3) is 6.15. The maximum Gasteiger partial charge on any atom is 0.123 e. The Balaban J connectivity index is 2.82. The second kappa shape index (κ2) is 4.32. The molecule has 0 aromatic heterocycles. The van der Waals surface area contributed by atoms with Gasteiger partial charge in [0.1, 0.15) is 7.85 Å². The third-order valence-corrected chi connectivity index (χ3v) is 0.981. The Kier molecular flexibility index (Phi) is 4.41. The van der Waals surface area contributed by atoms with Gasteiger partial charge in [-0.05, 0) is 12.8 Å². The molecule has 2 radical (unpaired) electrons. The van der Waals surface area contributed by atoms with Crippen LogP contribution in [0.4, 0.5) is 0 Å². The van der Waals surface area contributed by atoms with Crippen LogP contribution in [0, 0.1) is 0 Å². The zero-order chi connectivity index (χ0) is 5.70. The van der Waals surface area contributed by atoms with E-state index in [1.807, 2.05) is 0 Å². The number of thiocarbonyl (C=S) groups is 1. The summed E-state index contributed by atoms with van der Waals surface area (Å²) in [4.78, 5) is 0. The molecular formula is C5H9BS. The van der Waals surface area contributed by atoms with Crippen LogP contribution >= 0.6 is 12.2 Å². The standard InChI is InChI=1S/C5H9BS/c1-2-3-4-5(6)7/h2-4H2,1H3. The lowest BCUT2D eigenvalue weighted by atomic mass is 9.99. The van der Waals surface area contributed by atoms with Gasteiger partial charge in [-0.15, -0.1) is 12.2 Å². The number of hydrogen-bond acceptors (Lipinski definition) is 1. The van der Waals surface area contributed by atoms with E-state index in [4.69, 9.17) is 7.85 Å². The van der Waals surface area contributed by atoms with Gasteiger partial charge in [0, 0.05) is 0 Å². The number of rotatable bonds is 3. The maximum atomic E-state index is 5.21. The molecule has 0 aliphatic rings. The number of unbranched alkanes of at least 4 members (excludes halogenated alkanes) is 1. The van der Waals surface area contributed by atoms with Gasteiger partial charge in [0.2, 0.25) is 0 Å². The van der Waals surface area contributed by atoms with E-state index < -0.39 is 0 Å². The molecule has 0 saturated heterocycles.